The van der Waals surface area contributed by atoms with E-state index in [0.29, 0.717) is 0 Å². The fourth-order valence-corrected chi connectivity index (χ4v) is 2.83. The van der Waals surface area contributed by atoms with E-state index in [4.69, 9.17) is 0 Å². The molecule has 0 aromatic heterocycles. The number of nitrogens with one attached hydrogen (secondary N) is 2. The van der Waals surface area contributed by atoms with Crippen molar-refractivity contribution in [2.24, 2.45) is 10.2 Å². The molecule has 0 radical (unpaired) electrons. The minimum absolute atomic E-state index is 0.242. The molecule has 1 aromatic rings. The summed E-state index contributed by atoms with van der Waals surface area (Å²) in [4.78, 5) is 23.7. The Hall–Kier alpha value is -2.36. The van der Waals surface area contributed by atoms with Gasteiger partial charge in [-0.25, -0.2) is 0 Å². The highest BCUT2D eigenvalue weighted by Crippen LogP contribution is 2.34. The molecule has 1 unspecified atom stereocenters. The summed E-state index contributed by atoms with van der Waals surface area (Å²) >= 11 is 1.000. The van der Waals surface area contributed by atoms with Gasteiger partial charge >= 0.3 is 6.18 Å². The number of anilines is 1. The minimum Gasteiger partial charge on any atom is -0.325 e. The number of alkyl halides is 3. The van der Waals surface area contributed by atoms with E-state index in [9.17, 15) is 22.8 Å². The van der Waals surface area contributed by atoms with Gasteiger partial charge in [-0.3, -0.25) is 9.59 Å². The van der Waals surface area contributed by atoms with Crippen LogP contribution in [0.3, 0.4) is 0 Å². The zero-order chi connectivity index (χ0) is 17.7. The number of hydrogen-bond donors (Lipinski definition) is 2. The average molecular weight is 358 g/mol. The highest BCUT2D eigenvalue weighted by molar-refractivity contribution is 8.15. The standard InChI is InChI=1S/C14H13F3N4O2S/c1-2-18-21-13-20-12(23)10(24-13)7-11(22)19-9-6-4-3-5-8(9)14(15,16)17/h2-6,10H,7H2,1H3,(H,19,22)(H,20,21,23). The number of nitrogens with zero attached hydrogens (tertiary/aromatic N) is 2. The molecule has 2 N–H and O–H groups in total. The maximum Gasteiger partial charge on any atom is 0.418 e. The highest BCUT2D eigenvalue weighted by atomic mass is 32.2. The van der Waals surface area contributed by atoms with E-state index in [1.165, 1.54) is 18.3 Å². The minimum atomic E-state index is -4.58. The van der Waals surface area contributed by atoms with Gasteiger partial charge in [0.25, 0.3) is 0 Å². The van der Waals surface area contributed by atoms with E-state index in [-0.39, 0.29) is 17.3 Å². The number of para-hydroxylation sites is 1. The van der Waals surface area contributed by atoms with E-state index in [1.54, 1.807) is 6.92 Å². The van der Waals surface area contributed by atoms with Gasteiger partial charge in [-0.2, -0.15) is 18.3 Å². The Kier molecular flexibility index (Phi) is 5.60. The van der Waals surface area contributed by atoms with Crippen molar-refractivity contribution < 1.29 is 22.8 Å². The van der Waals surface area contributed by atoms with Crippen molar-refractivity contribution in [3.05, 3.63) is 29.8 Å². The van der Waals surface area contributed by atoms with Crippen molar-refractivity contribution in [2.45, 2.75) is 24.8 Å². The topological polar surface area (TPSA) is 82.9 Å². The van der Waals surface area contributed by atoms with Crippen LogP contribution in [0.4, 0.5) is 18.9 Å². The van der Waals surface area contributed by atoms with Crippen LogP contribution in [-0.2, 0) is 15.8 Å². The first-order chi connectivity index (χ1) is 11.3. The van der Waals surface area contributed by atoms with E-state index in [0.717, 1.165) is 23.9 Å². The smallest absolute Gasteiger partial charge is 0.325 e. The van der Waals surface area contributed by atoms with Gasteiger partial charge in [0.05, 0.1) is 11.3 Å². The van der Waals surface area contributed by atoms with Crippen molar-refractivity contribution in [2.75, 3.05) is 5.32 Å². The Morgan fingerprint density at radius 2 is 2.12 bits per heavy atom. The van der Waals surface area contributed by atoms with Gasteiger partial charge in [-0.05, 0) is 19.1 Å². The summed E-state index contributed by atoms with van der Waals surface area (Å²) in [7, 11) is 0. The molecule has 0 bridgehead atoms. The second-order valence-corrected chi connectivity index (χ2v) is 5.86. The Labute approximate surface area is 139 Å². The van der Waals surface area contributed by atoms with E-state index >= 15 is 0 Å². The first-order valence-electron chi connectivity index (χ1n) is 6.80. The van der Waals surface area contributed by atoms with Gasteiger partial charge in [0.2, 0.25) is 11.8 Å². The van der Waals surface area contributed by atoms with Crippen molar-refractivity contribution in [3.8, 4) is 0 Å². The van der Waals surface area contributed by atoms with Crippen LogP contribution >= 0.6 is 11.8 Å². The van der Waals surface area contributed by atoms with Crippen molar-refractivity contribution in [1.82, 2.24) is 5.32 Å². The molecule has 0 spiro atoms. The fourth-order valence-electron chi connectivity index (χ4n) is 1.91. The fraction of sp³-hybridized carbons (Fsp3) is 0.286. The van der Waals surface area contributed by atoms with Gasteiger partial charge in [0, 0.05) is 12.6 Å². The Bertz CT molecular complexity index is 704. The average Bonchev–Trinajstić information content (AvgIpc) is 2.84. The predicted octanol–water partition coefficient (Wildman–Crippen LogP) is 2.63. The summed E-state index contributed by atoms with van der Waals surface area (Å²) in [5.41, 5.74) is -1.29. The number of amidine groups is 1. The summed E-state index contributed by atoms with van der Waals surface area (Å²) in [6.45, 7) is 1.65. The number of hydrogen-bond acceptors (Lipinski definition) is 5. The molecule has 1 aliphatic rings. The molecule has 24 heavy (non-hydrogen) atoms. The third kappa shape index (κ3) is 4.57. The molecule has 0 aliphatic carbocycles. The Morgan fingerprint density at radius 1 is 1.42 bits per heavy atom. The van der Waals surface area contributed by atoms with Crippen LogP contribution < -0.4 is 10.6 Å². The molecule has 1 fully saturated rings. The second-order valence-electron chi connectivity index (χ2n) is 4.67. The Balaban J connectivity index is 2.04. The van der Waals surface area contributed by atoms with E-state index in [1.807, 2.05) is 0 Å². The predicted molar refractivity (Wildman–Crippen MR) is 85.8 cm³/mol. The molecular weight excluding hydrogens is 345 g/mol. The molecule has 1 aromatic carbocycles. The first-order valence-corrected chi connectivity index (χ1v) is 7.68. The molecule has 6 nitrogen and oxygen atoms in total. The second kappa shape index (κ2) is 7.47. The van der Waals surface area contributed by atoms with Crippen molar-refractivity contribution >= 4 is 40.6 Å². The van der Waals surface area contributed by atoms with Crippen LogP contribution in [0.1, 0.15) is 18.9 Å². The van der Waals surface area contributed by atoms with E-state index in [2.05, 4.69) is 20.8 Å². The summed E-state index contributed by atoms with van der Waals surface area (Å²) in [6.07, 6.45) is -3.44. The lowest BCUT2D eigenvalue weighted by Gasteiger charge is -2.14. The molecule has 1 atom stereocenters. The molecular formula is C14H13F3N4O2S. The summed E-state index contributed by atoms with van der Waals surface area (Å²) < 4.78 is 38.7. The Morgan fingerprint density at radius 3 is 2.79 bits per heavy atom. The lowest BCUT2D eigenvalue weighted by molar-refractivity contribution is -0.137. The van der Waals surface area contributed by atoms with Gasteiger partial charge < -0.3 is 10.6 Å². The lowest BCUT2D eigenvalue weighted by atomic mass is 10.1. The van der Waals surface area contributed by atoms with Crippen LogP contribution in [0.25, 0.3) is 0 Å². The van der Waals surface area contributed by atoms with Crippen LogP contribution in [0, 0.1) is 0 Å². The van der Waals surface area contributed by atoms with Crippen molar-refractivity contribution in [3.63, 3.8) is 0 Å². The van der Waals surface area contributed by atoms with Gasteiger partial charge in [0.15, 0.2) is 5.17 Å². The molecule has 1 aliphatic heterocycles. The van der Waals surface area contributed by atoms with E-state index < -0.39 is 28.8 Å². The first kappa shape index (κ1) is 18.0. The number of amides is 2. The summed E-state index contributed by atoms with van der Waals surface area (Å²) in [5.74, 6) is -1.14. The zero-order valence-corrected chi connectivity index (χ0v) is 13.2. The SMILES string of the molecule is CC=N/N=C1\NC(=O)C(CC(=O)Nc2ccccc2C(F)(F)F)S1. The summed E-state index contributed by atoms with van der Waals surface area (Å²) in [5, 5.41) is 11.4. The van der Waals surface area contributed by atoms with Crippen LogP contribution in [0.5, 0.6) is 0 Å². The largest absolute Gasteiger partial charge is 0.418 e. The van der Waals surface area contributed by atoms with Crippen LogP contribution in [0.15, 0.2) is 34.5 Å². The van der Waals surface area contributed by atoms with Gasteiger partial charge in [-0.15, -0.1) is 5.10 Å². The number of halogens is 3. The molecule has 128 valence electrons. The zero-order valence-electron chi connectivity index (χ0n) is 12.4. The van der Waals surface area contributed by atoms with Crippen LogP contribution in [-0.4, -0.2) is 28.4 Å². The van der Waals surface area contributed by atoms with Gasteiger partial charge in [-0.1, -0.05) is 23.9 Å². The quantitative estimate of drug-likeness (QED) is 0.641. The van der Waals surface area contributed by atoms with Crippen LogP contribution in [0.2, 0.25) is 0 Å². The third-order valence-electron chi connectivity index (χ3n) is 2.92. The summed E-state index contributed by atoms with van der Waals surface area (Å²) in [6, 6.07) is 4.65. The number of benzene rings is 1. The maximum atomic E-state index is 12.9. The van der Waals surface area contributed by atoms with Gasteiger partial charge in [0.1, 0.15) is 5.25 Å². The molecule has 2 amide bonds. The normalized spacial score (nSPS) is 19.8. The number of carbonyl (C=O) groups excluding carboxylic acids is 2. The van der Waals surface area contributed by atoms with Crippen molar-refractivity contribution in [1.29, 1.82) is 0 Å². The molecule has 0 saturated carbocycles. The monoisotopic (exact) mass is 358 g/mol. The molecule has 1 heterocycles. The third-order valence-corrected chi connectivity index (χ3v) is 3.99. The number of carbonyl (C=O) groups is 2. The number of rotatable bonds is 4. The highest BCUT2D eigenvalue weighted by Gasteiger charge is 2.35. The molecule has 1 saturated heterocycles. The molecule has 2 rings (SSSR count). The number of thioether (sulfide) groups is 1. The lowest BCUT2D eigenvalue weighted by Crippen LogP contribution is -2.28. The molecule has 10 heteroatoms. The maximum absolute atomic E-state index is 12.9.